The van der Waals surface area contributed by atoms with Crippen molar-refractivity contribution in [3.05, 3.63) is 52.7 Å². The van der Waals surface area contributed by atoms with Crippen LogP contribution in [0.4, 0.5) is 0 Å². The molecule has 0 radical (unpaired) electrons. The van der Waals surface area contributed by atoms with Crippen LogP contribution in [0.5, 0.6) is 0 Å². The molecule has 0 aliphatic heterocycles. The van der Waals surface area contributed by atoms with Crippen molar-refractivity contribution in [2.75, 3.05) is 6.54 Å². The van der Waals surface area contributed by atoms with E-state index < -0.39 is 0 Å². The second-order valence-corrected chi connectivity index (χ2v) is 7.42. The van der Waals surface area contributed by atoms with Gasteiger partial charge in [-0.25, -0.2) is 4.98 Å². The Morgan fingerprint density at radius 2 is 2.16 bits per heavy atom. The average Bonchev–Trinajstić information content (AvgIpc) is 3.35. The second-order valence-electron chi connectivity index (χ2n) is 5.52. The van der Waals surface area contributed by atoms with Crippen LogP contribution in [0.2, 0.25) is 0 Å². The summed E-state index contributed by atoms with van der Waals surface area (Å²) < 4.78 is 3.94. The van der Waals surface area contributed by atoms with Crippen molar-refractivity contribution in [3.63, 3.8) is 0 Å². The number of carbonyl (C=O) groups is 1. The highest BCUT2D eigenvalue weighted by Gasteiger charge is 2.15. The van der Waals surface area contributed by atoms with E-state index in [1.165, 1.54) is 11.3 Å². The largest absolute Gasteiger partial charge is 0.351 e. The SMILES string of the molecule is O=C(NCCc1nnc2ccccn12)c1cc2c(nc3sccn32)s1. The maximum atomic E-state index is 12.4. The van der Waals surface area contributed by atoms with Gasteiger partial charge in [0, 0.05) is 30.7 Å². The molecule has 0 aromatic carbocycles. The van der Waals surface area contributed by atoms with Gasteiger partial charge in [-0.1, -0.05) is 6.07 Å². The van der Waals surface area contributed by atoms with Gasteiger partial charge < -0.3 is 5.32 Å². The summed E-state index contributed by atoms with van der Waals surface area (Å²) in [5.41, 5.74) is 1.79. The summed E-state index contributed by atoms with van der Waals surface area (Å²) in [6.07, 6.45) is 4.52. The molecule has 0 aliphatic rings. The molecule has 9 heteroatoms. The third kappa shape index (κ3) is 2.39. The zero-order chi connectivity index (χ0) is 16.8. The molecule has 0 bridgehead atoms. The zero-order valence-electron chi connectivity index (χ0n) is 12.9. The van der Waals surface area contributed by atoms with Crippen LogP contribution in [-0.2, 0) is 6.42 Å². The van der Waals surface area contributed by atoms with Gasteiger partial charge in [0.25, 0.3) is 5.91 Å². The molecule has 0 atom stereocenters. The van der Waals surface area contributed by atoms with E-state index in [0.29, 0.717) is 17.8 Å². The fourth-order valence-corrected chi connectivity index (χ4v) is 4.51. The minimum absolute atomic E-state index is 0.0826. The standard InChI is InChI=1S/C16H12N6OS2/c23-14(11-9-10-15(25-11)18-16-21(10)7-8-24-16)17-5-4-13-20-19-12-3-1-2-6-22(12)13/h1-3,6-9H,4-5H2,(H,17,23). The minimum atomic E-state index is -0.0826. The van der Waals surface area contributed by atoms with Gasteiger partial charge in [-0.2, -0.15) is 0 Å². The van der Waals surface area contributed by atoms with Gasteiger partial charge >= 0.3 is 0 Å². The van der Waals surface area contributed by atoms with Crippen LogP contribution >= 0.6 is 22.7 Å². The molecule has 1 amide bonds. The predicted molar refractivity (Wildman–Crippen MR) is 97.5 cm³/mol. The number of aromatic nitrogens is 5. The number of carbonyl (C=O) groups excluding carboxylic acids is 1. The van der Waals surface area contributed by atoms with Crippen molar-refractivity contribution < 1.29 is 4.79 Å². The van der Waals surface area contributed by atoms with Crippen LogP contribution in [0.25, 0.3) is 21.0 Å². The lowest BCUT2D eigenvalue weighted by Crippen LogP contribution is -2.25. The molecular weight excluding hydrogens is 356 g/mol. The van der Waals surface area contributed by atoms with Crippen molar-refractivity contribution in [1.82, 2.24) is 29.3 Å². The third-order valence-corrected chi connectivity index (χ3v) is 5.76. The van der Waals surface area contributed by atoms with Crippen LogP contribution in [0, 0.1) is 0 Å². The lowest BCUT2D eigenvalue weighted by atomic mass is 10.3. The molecule has 0 spiro atoms. The molecule has 0 fully saturated rings. The number of rotatable bonds is 4. The Morgan fingerprint density at radius 3 is 3.12 bits per heavy atom. The molecule has 25 heavy (non-hydrogen) atoms. The van der Waals surface area contributed by atoms with Gasteiger partial charge in [0.1, 0.15) is 10.7 Å². The van der Waals surface area contributed by atoms with Crippen LogP contribution < -0.4 is 5.32 Å². The molecular formula is C16H12N6OS2. The lowest BCUT2D eigenvalue weighted by molar-refractivity contribution is 0.0958. The molecule has 1 N–H and O–H groups in total. The van der Waals surface area contributed by atoms with Gasteiger partial charge in [-0.15, -0.1) is 32.9 Å². The molecule has 0 aliphatic carbocycles. The van der Waals surface area contributed by atoms with E-state index in [2.05, 4.69) is 20.5 Å². The Hall–Kier alpha value is -2.78. The van der Waals surface area contributed by atoms with Crippen molar-refractivity contribution >= 4 is 49.5 Å². The average molecular weight is 368 g/mol. The summed E-state index contributed by atoms with van der Waals surface area (Å²) in [5.74, 6) is 0.749. The number of pyridine rings is 1. The van der Waals surface area contributed by atoms with E-state index in [1.807, 2.05) is 50.8 Å². The smallest absolute Gasteiger partial charge is 0.261 e. The van der Waals surface area contributed by atoms with Crippen LogP contribution in [0.15, 0.2) is 42.0 Å². The number of nitrogens with one attached hydrogen (secondary N) is 1. The number of imidazole rings is 1. The van der Waals surface area contributed by atoms with Gasteiger partial charge in [0.05, 0.1) is 10.4 Å². The normalized spacial score (nSPS) is 11.7. The molecule has 7 nitrogen and oxygen atoms in total. The van der Waals surface area contributed by atoms with Crippen molar-refractivity contribution in [3.8, 4) is 0 Å². The summed E-state index contributed by atoms with van der Waals surface area (Å²) in [4.78, 5) is 19.4. The Morgan fingerprint density at radius 1 is 1.20 bits per heavy atom. The van der Waals surface area contributed by atoms with Gasteiger partial charge in [-0.3, -0.25) is 13.6 Å². The van der Waals surface area contributed by atoms with E-state index in [-0.39, 0.29) is 5.91 Å². The third-order valence-electron chi connectivity index (χ3n) is 3.98. The highest BCUT2D eigenvalue weighted by Crippen LogP contribution is 2.28. The van der Waals surface area contributed by atoms with E-state index in [0.717, 1.165) is 26.8 Å². The molecule has 124 valence electrons. The monoisotopic (exact) mass is 368 g/mol. The van der Waals surface area contributed by atoms with Crippen LogP contribution in [-0.4, -0.2) is 36.4 Å². The highest BCUT2D eigenvalue weighted by atomic mass is 32.1. The maximum Gasteiger partial charge on any atom is 0.261 e. The minimum Gasteiger partial charge on any atom is -0.351 e. The van der Waals surface area contributed by atoms with Crippen LogP contribution in [0.3, 0.4) is 0 Å². The van der Waals surface area contributed by atoms with E-state index in [9.17, 15) is 4.79 Å². The van der Waals surface area contributed by atoms with Gasteiger partial charge in [0.15, 0.2) is 10.6 Å². The number of hydrogen-bond donors (Lipinski definition) is 1. The Balaban J connectivity index is 1.30. The Bertz CT molecular complexity index is 1210. The summed E-state index contributed by atoms with van der Waals surface area (Å²) in [7, 11) is 0. The number of fused-ring (bicyclic) bond motifs is 4. The first-order valence-corrected chi connectivity index (χ1v) is 9.41. The van der Waals surface area contributed by atoms with Crippen molar-refractivity contribution in [2.45, 2.75) is 6.42 Å². The molecule has 5 heterocycles. The fraction of sp³-hybridized carbons (Fsp3) is 0.125. The van der Waals surface area contributed by atoms with Gasteiger partial charge in [0.2, 0.25) is 0 Å². The predicted octanol–water partition coefficient (Wildman–Crippen LogP) is 2.63. The van der Waals surface area contributed by atoms with Crippen molar-refractivity contribution in [2.24, 2.45) is 0 Å². The first-order valence-electron chi connectivity index (χ1n) is 7.71. The molecule has 5 aromatic rings. The zero-order valence-corrected chi connectivity index (χ0v) is 14.5. The quantitative estimate of drug-likeness (QED) is 0.529. The van der Waals surface area contributed by atoms with E-state index in [4.69, 9.17) is 0 Å². The molecule has 0 unspecified atom stereocenters. The molecule has 0 saturated carbocycles. The molecule has 5 aromatic heterocycles. The highest BCUT2D eigenvalue weighted by molar-refractivity contribution is 7.21. The number of thiazole rings is 1. The number of hydrogen-bond acceptors (Lipinski definition) is 6. The second kappa shape index (κ2) is 5.64. The first-order chi connectivity index (χ1) is 12.3. The summed E-state index contributed by atoms with van der Waals surface area (Å²) in [6, 6.07) is 7.66. The topological polar surface area (TPSA) is 76.6 Å². The Kier molecular flexibility index (Phi) is 3.28. The van der Waals surface area contributed by atoms with E-state index in [1.54, 1.807) is 11.3 Å². The Labute approximate surface area is 149 Å². The first kappa shape index (κ1) is 14.6. The molecule has 0 saturated heterocycles. The summed E-state index contributed by atoms with van der Waals surface area (Å²) in [6.45, 7) is 0.505. The summed E-state index contributed by atoms with van der Waals surface area (Å²) >= 11 is 3.00. The number of nitrogens with zero attached hydrogens (tertiary/aromatic N) is 5. The van der Waals surface area contributed by atoms with Gasteiger partial charge in [-0.05, 0) is 18.2 Å². The number of thiophene rings is 1. The fourth-order valence-electron chi connectivity index (χ4n) is 2.80. The maximum absolute atomic E-state index is 12.4. The number of amides is 1. The molecule has 5 rings (SSSR count). The lowest BCUT2D eigenvalue weighted by Gasteiger charge is -2.02. The van der Waals surface area contributed by atoms with Crippen molar-refractivity contribution in [1.29, 1.82) is 0 Å². The summed E-state index contributed by atoms with van der Waals surface area (Å²) in [5, 5.41) is 13.2. The van der Waals surface area contributed by atoms with E-state index >= 15 is 0 Å². The van der Waals surface area contributed by atoms with Crippen LogP contribution in [0.1, 0.15) is 15.5 Å².